The van der Waals surface area contributed by atoms with Gasteiger partial charge in [-0.2, -0.15) is 9.61 Å². The highest BCUT2D eigenvalue weighted by atomic mass is 79.9. The first-order valence-corrected chi connectivity index (χ1v) is 12.1. The molecule has 32 heavy (non-hydrogen) atoms. The molecular weight excluding hydrogens is 470 g/mol. The number of anilines is 1. The minimum Gasteiger partial charge on any atom is -0.366 e. The normalized spacial score (nSPS) is 17.3. The number of hydrogen-bond donors (Lipinski definition) is 2. The standard InChI is InChI=1S/C23H30BrN7O/c1-3-6-16(2)28-23(32)30-10-5-8-18(15-30)20-11-21(26-13-17-7-4-9-25-12-17)31-22(29-20)19(24)14-27-31/h4,7,9,11-12,14,16,18,26H,3,5-6,8,10,13,15H2,1-2H3,(H,28,32). The molecule has 0 saturated carbocycles. The molecule has 2 N–H and O–H groups in total. The molecule has 1 aliphatic rings. The lowest BCUT2D eigenvalue weighted by atomic mass is 9.94. The van der Waals surface area contributed by atoms with Crippen LogP contribution in [0, 0.1) is 0 Å². The van der Waals surface area contributed by atoms with E-state index in [0.717, 1.165) is 59.4 Å². The molecule has 4 rings (SSSR count). The summed E-state index contributed by atoms with van der Waals surface area (Å²) in [5.41, 5.74) is 2.84. The lowest BCUT2D eigenvalue weighted by molar-refractivity contribution is 0.175. The van der Waals surface area contributed by atoms with Gasteiger partial charge in [0.1, 0.15) is 5.82 Å². The highest BCUT2D eigenvalue weighted by molar-refractivity contribution is 9.10. The van der Waals surface area contributed by atoms with E-state index in [1.807, 2.05) is 27.7 Å². The van der Waals surface area contributed by atoms with Crippen LogP contribution in [0.1, 0.15) is 56.7 Å². The van der Waals surface area contributed by atoms with E-state index in [2.05, 4.69) is 56.6 Å². The Labute approximate surface area is 196 Å². The molecule has 2 amide bonds. The Morgan fingerprint density at radius 3 is 3.03 bits per heavy atom. The molecule has 2 atom stereocenters. The van der Waals surface area contributed by atoms with Gasteiger partial charge in [0.2, 0.25) is 0 Å². The van der Waals surface area contributed by atoms with Gasteiger partial charge in [-0.15, -0.1) is 0 Å². The Bertz CT molecular complexity index is 1060. The van der Waals surface area contributed by atoms with Crippen LogP contribution in [0.2, 0.25) is 0 Å². The predicted molar refractivity (Wildman–Crippen MR) is 129 cm³/mol. The van der Waals surface area contributed by atoms with Crippen LogP contribution in [0.25, 0.3) is 5.65 Å². The first kappa shape index (κ1) is 22.5. The van der Waals surface area contributed by atoms with Gasteiger partial charge in [0, 0.05) is 50.1 Å². The summed E-state index contributed by atoms with van der Waals surface area (Å²) in [6.07, 6.45) is 9.40. The van der Waals surface area contributed by atoms with Gasteiger partial charge in [-0.3, -0.25) is 4.98 Å². The molecule has 170 valence electrons. The quantitative estimate of drug-likeness (QED) is 0.496. The summed E-state index contributed by atoms with van der Waals surface area (Å²) in [7, 11) is 0. The number of fused-ring (bicyclic) bond motifs is 1. The number of carbonyl (C=O) groups excluding carboxylic acids is 1. The summed E-state index contributed by atoms with van der Waals surface area (Å²) in [5.74, 6) is 1.06. The summed E-state index contributed by atoms with van der Waals surface area (Å²) in [6.45, 7) is 6.29. The van der Waals surface area contributed by atoms with Gasteiger partial charge in [0.15, 0.2) is 5.65 Å². The summed E-state index contributed by atoms with van der Waals surface area (Å²) >= 11 is 3.57. The van der Waals surface area contributed by atoms with E-state index in [0.29, 0.717) is 13.1 Å². The van der Waals surface area contributed by atoms with Crippen LogP contribution >= 0.6 is 15.9 Å². The molecule has 0 aliphatic carbocycles. The minimum absolute atomic E-state index is 0.0252. The van der Waals surface area contributed by atoms with Crippen LogP contribution in [-0.4, -0.2) is 49.6 Å². The van der Waals surface area contributed by atoms with Crippen molar-refractivity contribution in [2.45, 2.75) is 58.0 Å². The third-order valence-electron chi connectivity index (χ3n) is 5.86. The van der Waals surface area contributed by atoms with Crippen molar-refractivity contribution in [3.05, 3.63) is 52.5 Å². The number of amides is 2. The summed E-state index contributed by atoms with van der Waals surface area (Å²) < 4.78 is 2.66. The summed E-state index contributed by atoms with van der Waals surface area (Å²) in [5, 5.41) is 11.1. The summed E-state index contributed by atoms with van der Waals surface area (Å²) in [6, 6.07) is 6.24. The molecule has 9 heteroatoms. The van der Waals surface area contributed by atoms with Gasteiger partial charge in [-0.05, 0) is 53.7 Å². The average molecular weight is 500 g/mol. The molecule has 2 unspecified atom stereocenters. The molecule has 3 aromatic rings. The van der Waals surface area contributed by atoms with Gasteiger partial charge in [-0.25, -0.2) is 9.78 Å². The zero-order chi connectivity index (χ0) is 22.5. The van der Waals surface area contributed by atoms with Crippen molar-refractivity contribution >= 4 is 33.4 Å². The van der Waals surface area contributed by atoms with E-state index in [1.54, 1.807) is 12.4 Å². The summed E-state index contributed by atoms with van der Waals surface area (Å²) in [4.78, 5) is 23.8. The maximum absolute atomic E-state index is 12.8. The Hall–Kier alpha value is -2.68. The Balaban J connectivity index is 1.54. The number of rotatable bonds is 7. The first-order valence-electron chi connectivity index (χ1n) is 11.3. The number of likely N-dealkylation sites (tertiary alicyclic amines) is 1. The molecule has 1 fully saturated rings. The second-order valence-corrected chi connectivity index (χ2v) is 9.29. The second kappa shape index (κ2) is 10.3. The van der Waals surface area contributed by atoms with E-state index in [-0.39, 0.29) is 18.0 Å². The third-order valence-corrected chi connectivity index (χ3v) is 6.42. The number of carbonyl (C=O) groups is 1. The minimum atomic E-state index is 0.0252. The van der Waals surface area contributed by atoms with Gasteiger partial charge < -0.3 is 15.5 Å². The zero-order valence-corrected chi connectivity index (χ0v) is 20.2. The van der Waals surface area contributed by atoms with Crippen LogP contribution < -0.4 is 10.6 Å². The first-order chi connectivity index (χ1) is 15.5. The van der Waals surface area contributed by atoms with Crippen molar-refractivity contribution in [1.29, 1.82) is 0 Å². The molecule has 3 aromatic heterocycles. The van der Waals surface area contributed by atoms with E-state index < -0.39 is 0 Å². The van der Waals surface area contributed by atoms with Crippen molar-refractivity contribution in [1.82, 2.24) is 29.8 Å². The third kappa shape index (κ3) is 5.20. The fourth-order valence-electron chi connectivity index (χ4n) is 4.20. The number of pyridine rings is 1. The monoisotopic (exact) mass is 499 g/mol. The SMILES string of the molecule is CCCC(C)NC(=O)N1CCCC(c2cc(NCc3cccnc3)n3ncc(Br)c3n2)C1. The Morgan fingerprint density at radius 2 is 2.25 bits per heavy atom. The molecule has 1 saturated heterocycles. The highest BCUT2D eigenvalue weighted by Crippen LogP contribution is 2.30. The molecule has 4 heterocycles. The van der Waals surface area contributed by atoms with Gasteiger partial charge in [0.05, 0.1) is 16.4 Å². The molecule has 0 aromatic carbocycles. The zero-order valence-electron chi connectivity index (χ0n) is 18.6. The fraction of sp³-hybridized carbons (Fsp3) is 0.478. The van der Waals surface area contributed by atoms with Gasteiger partial charge >= 0.3 is 6.03 Å². The van der Waals surface area contributed by atoms with Gasteiger partial charge in [-0.1, -0.05) is 19.4 Å². The molecule has 8 nitrogen and oxygen atoms in total. The van der Waals surface area contributed by atoms with Crippen LogP contribution in [0.3, 0.4) is 0 Å². The second-order valence-electron chi connectivity index (χ2n) is 8.43. The average Bonchev–Trinajstić information content (AvgIpc) is 3.19. The largest absolute Gasteiger partial charge is 0.366 e. The van der Waals surface area contributed by atoms with Crippen LogP contribution in [0.15, 0.2) is 41.3 Å². The van der Waals surface area contributed by atoms with Crippen molar-refractivity contribution in [2.24, 2.45) is 0 Å². The maximum Gasteiger partial charge on any atom is 0.317 e. The van der Waals surface area contributed by atoms with Crippen LogP contribution in [0.4, 0.5) is 10.6 Å². The number of urea groups is 1. The van der Waals surface area contributed by atoms with Crippen molar-refractivity contribution < 1.29 is 4.79 Å². The number of hydrogen-bond acceptors (Lipinski definition) is 5. The van der Waals surface area contributed by atoms with Crippen molar-refractivity contribution in [3.8, 4) is 0 Å². The molecular formula is C23H30BrN7O. The van der Waals surface area contributed by atoms with E-state index in [1.165, 1.54) is 0 Å². The van der Waals surface area contributed by atoms with E-state index >= 15 is 0 Å². The Morgan fingerprint density at radius 1 is 1.38 bits per heavy atom. The van der Waals surface area contributed by atoms with E-state index in [9.17, 15) is 4.79 Å². The van der Waals surface area contributed by atoms with E-state index in [4.69, 9.17) is 4.98 Å². The maximum atomic E-state index is 12.8. The molecule has 0 spiro atoms. The van der Waals surface area contributed by atoms with Crippen molar-refractivity contribution in [2.75, 3.05) is 18.4 Å². The molecule has 1 aliphatic heterocycles. The number of halogens is 1. The Kier molecular flexibility index (Phi) is 7.24. The van der Waals surface area contributed by atoms with Gasteiger partial charge in [0.25, 0.3) is 0 Å². The van der Waals surface area contributed by atoms with Crippen molar-refractivity contribution in [3.63, 3.8) is 0 Å². The lowest BCUT2D eigenvalue weighted by Gasteiger charge is -2.33. The highest BCUT2D eigenvalue weighted by Gasteiger charge is 2.27. The number of piperidine rings is 1. The van der Waals surface area contributed by atoms with Crippen LogP contribution in [-0.2, 0) is 6.54 Å². The predicted octanol–water partition coefficient (Wildman–Crippen LogP) is 4.58. The van der Waals surface area contributed by atoms with Crippen LogP contribution in [0.5, 0.6) is 0 Å². The number of nitrogens with zero attached hydrogens (tertiary/aromatic N) is 5. The number of nitrogens with one attached hydrogen (secondary N) is 2. The number of aromatic nitrogens is 4. The smallest absolute Gasteiger partial charge is 0.317 e. The molecule has 0 radical (unpaired) electrons. The fourth-order valence-corrected chi connectivity index (χ4v) is 4.54. The molecule has 0 bridgehead atoms. The topological polar surface area (TPSA) is 87.5 Å². The lowest BCUT2D eigenvalue weighted by Crippen LogP contribution is -2.47.